The van der Waals surface area contributed by atoms with Gasteiger partial charge in [-0.1, -0.05) is 13.0 Å². The molecule has 0 amide bonds. The van der Waals surface area contributed by atoms with E-state index in [1.165, 1.54) is 5.56 Å². The third-order valence-corrected chi connectivity index (χ3v) is 4.60. The molecule has 1 N–H and O–H groups in total. The quantitative estimate of drug-likeness (QED) is 0.872. The molecule has 3 heterocycles. The van der Waals surface area contributed by atoms with Crippen LogP contribution >= 0.6 is 0 Å². The lowest BCUT2D eigenvalue weighted by Crippen LogP contribution is -2.38. The topological polar surface area (TPSA) is 57.2 Å². The maximum absolute atomic E-state index is 4.64. The first-order valence-corrected chi connectivity index (χ1v) is 9.07. The van der Waals surface area contributed by atoms with Crippen molar-refractivity contribution in [2.45, 2.75) is 38.8 Å². The highest BCUT2D eigenvalue weighted by Crippen LogP contribution is 2.19. The molecule has 0 atom stereocenters. The number of rotatable bonds is 6. The van der Waals surface area contributed by atoms with Crippen LogP contribution < -0.4 is 10.2 Å². The molecule has 0 unspecified atom stereocenters. The summed E-state index contributed by atoms with van der Waals surface area (Å²) < 4.78 is 0. The minimum Gasteiger partial charge on any atom is -0.367 e. The second-order valence-corrected chi connectivity index (χ2v) is 6.85. The van der Waals surface area contributed by atoms with Crippen molar-refractivity contribution < 1.29 is 0 Å². The summed E-state index contributed by atoms with van der Waals surface area (Å²) >= 11 is 0. The van der Waals surface area contributed by atoms with E-state index in [0.29, 0.717) is 6.04 Å². The summed E-state index contributed by atoms with van der Waals surface area (Å²) in [6.45, 7) is 5.30. The van der Waals surface area contributed by atoms with Crippen molar-refractivity contribution in [1.82, 2.24) is 19.9 Å². The van der Waals surface area contributed by atoms with E-state index in [9.17, 15) is 0 Å². The molecule has 0 saturated carbocycles. The Morgan fingerprint density at radius 3 is 2.68 bits per heavy atom. The number of likely N-dealkylation sites (tertiary alicyclic amines) is 1. The molecule has 1 saturated heterocycles. The molecule has 0 radical (unpaired) electrons. The van der Waals surface area contributed by atoms with Gasteiger partial charge in [0.15, 0.2) is 0 Å². The Kier molecular flexibility index (Phi) is 5.81. The molecular weight excluding hydrogens is 312 g/mol. The number of anilines is 2. The SMILES string of the molecule is CCc1cc(NC2CCN(Cc3cccnc3)CC2)nc(N(C)C)n1. The van der Waals surface area contributed by atoms with Gasteiger partial charge in [0.05, 0.1) is 0 Å². The van der Waals surface area contributed by atoms with Crippen molar-refractivity contribution in [3.05, 3.63) is 41.9 Å². The molecule has 1 fully saturated rings. The molecule has 0 aromatic carbocycles. The summed E-state index contributed by atoms with van der Waals surface area (Å²) in [7, 11) is 3.96. The molecule has 0 spiro atoms. The van der Waals surface area contributed by atoms with Crippen molar-refractivity contribution in [3.63, 3.8) is 0 Å². The third-order valence-electron chi connectivity index (χ3n) is 4.60. The Morgan fingerprint density at radius 2 is 2.04 bits per heavy atom. The van der Waals surface area contributed by atoms with Gasteiger partial charge >= 0.3 is 0 Å². The van der Waals surface area contributed by atoms with E-state index in [1.807, 2.05) is 37.5 Å². The van der Waals surface area contributed by atoms with Gasteiger partial charge in [0.25, 0.3) is 0 Å². The molecule has 3 rings (SSSR count). The van der Waals surface area contributed by atoms with Crippen molar-refractivity contribution >= 4 is 11.8 Å². The molecule has 6 heteroatoms. The second kappa shape index (κ2) is 8.25. The van der Waals surface area contributed by atoms with E-state index in [4.69, 9.17) is 0 Å². The van der Waals surface area contributed by atoms with Crippen LogP contribution in [0.4, 0.5) is 11.8 Å². The van der Waals surface area contributed by atoms with Gasteiger partial charge < -0.3 is 10.2 Å². The lowest BCUT2D eigenvalue weighted by molar-refractivity contribution is 0.211. The zero-order valence-corrected chi connectivity index (χ0v) is 15.4. The predicted octanol–water partition coefficient (Wildman–Crippen LogP) is 2.58. The molecular formula is C19H28N6. The minimum absolute atomic E-state index is 0.472. The van der Waals surface area contributed by atoms with E-state index in [2.05, 4.69) is 44.2 Å². The van der Waals surface area contributed by atoms with E-state index in [1.54, 1.807) is 0 Å². The summed E-state index contributed by atoms with van der Waals surface area (Å²) in [5, 5.41) is 3.62. The Bertz CT molecular complexity index is 665. The standard InChI is InChI=1S/C19H28N6/c1-4-16-12-18(23-19(22-16)24(2)3)21-17-7-10-25(11-8-17)14-15-6-5-9-20-13-15/h5-6,9,12-13,17H,4,7-8,10-11,14H2,1-3H3,(H,21,22,23). The van der Waals surface area contributed by atoms with Crippen LogP contribution in [0.25, 0.3) is 0 Å². The number of piperidine rings is 1. The van der Waals surface area contributed by atoms with Crippen LogP contribution in [0.1, 0.15) is 31.0 Å². The number of nitrogens with one attached hydrogen (secondary N) is 1. The Balaban J connectivity index is 1.56. The van der Waals surface area contributed by atoms with Crippen LogP contribution in [0.15, 0.2) is 30.6 Å². The molecule has 0 aliphatic carbocycles. The fourth-order valence-corrected chi connectivity index (χ4v) is 3.13. The van der Waals surface area contributed by atoms with E-state index in [-0.39, 0.29) is 0 Å². The molecule has 2 aromatic rings. The summed E-state index contributed by atoms with van der Waals surface area (Å²) in [5.74, 6) is 1.72. The van der Waals surface area contributed by atoms with Gasteiger partial charge in [-0.3, -0.25) is 9.88 Å². The largest absolute Gasteiger partial charge is 0.367 e. The molecule has 6 nitrogen and oxygen atoms in total. The monoisotopic (exact) mass is 340 g/mol. The van der Waals surface area contributed by atoms with Crippen LogP contribution in [-0.4, -0.2) is 53.1 Å². The number of hydrogen-bond donors (Lipinski definition) is 1. The minimum atomic E-state index is 0.472. The second-order valence-electron chi connectivity index (χ2n) is 6.85. The highest BCUT2D eigenvalue weighted by molar-refractivity contribution is 5.44. The van der Waals surface area contributed by atoms with Crippen LogP contribution in [0.5, 0.6) is 0 Å². The number of hydrogen-bond acceptors (Lipinski definition) is 6. The number of aromatic nitrogens is 3. The van der Waals surface area contributed by atoms with Gasteiger partial charge in [-0.05, 0) is 30.9 Å². The van der Waals surface area contributed by atoms with Crippen LogP contribution in [0.2, 0.25) is 0 Å². The molecule has 0 bridgehead atoms. The first-order valence-electron chi connectivity index (χ1n) is 9.07. The normalized spacial score (nSPS) is 16.0. The first-order chi connectivity index (χ1) is 12.1. The van der Waals surface area contributed by atoms with Gasteiger partial charge in [0.2, 0.25) is 5.95 Å². The fourth-order valence-electron chi connectivity index (χ4n) is 3.13. The number of pyridine rings is 1. The van der Waals surface area contributed by atoms with E-state index < -0.39 is 0 Å². The first kappa shape index (κ1) is 17.6. The van der Waals surface area contributed by atoms with Crippen LogP contribution in [0, 0.1) is 0 Å². The lowest BCUT2D eigenvalue weighted by atomic mass is 10.0. The zero-order valence-electron chi connectivity index (χ0n) is 15.4. The van der Waals surface area contributed by atoms with Gasteiger partial charge in [-0.15, -0.1) is 0 Å². The van der Waals surface area contributed by atoms with Crippen LogP contribution in [0.3, 0.4) is 0 Å². The van der Waals surface area contributed by atoms with E-state index in [0.717, 1.165) is 56.4 Å². The smallest absolute Gasteiger partial charge is 0.226 e. The summed E-state index contributed by atoms with van der Waals surface area (Å²) in [5.41, 5.74) is 2.36. The summed E-state index contributed by atoms with van der Waals surface area (Å²) in [4.78, 5) is 17.9. The lowest BCUT2D eigenvalue weighted by Gasteiger charge is -2.32. The summed E-state index contributed by atoms with van der Waals surface area (Å²) in [6.07, 6.45) is 6.96. The molecule has 134 valence electrons. The third kappa shape index (κ3) is 4.89. The average Bonchev–Trinajstić information content (AvgIpc) is 2.64. The van der Waals surface area contributed by atoms with Gasteiger partial charge in [-0.25, -0.2) is 4.98 Å². The average molecular weight is 340 g/mol. The number of nitrogens with zero attached hydrogens (tertiary/aromatic N) is 5. The Labute approximate surface area is 150 Å². The van der Waals surface area contributed by atoms with Gasteiger partial charge in [0.1, 0.15) is 5.82 Å². The van der Waals surface area contributed by atoms with Crippen molar-refractivity contribution in [1.29, 1.82) is 0 Å². The van der Waals surface area contributed by atoms with E-state index >= 15 is 0 Å². The maximum Gasteiger partial charge on any atom is 0.226 e. The highest BCUT2D eigenvalue weighted by Gasteiger charge is 2.20. The molecule has 1 aliphatic rings. The zero-order chi connectivity index (χ0) is 17.6. The fraction of sp³-hybridized carbons (Fsp3) is 0.526. The summed E-state index contributed by atoms with van der Waals surface area (Å²) in [6, 6.07) is 6.70. The molecule has 25 heavy (non-hydrogen) atoms. The van der Waals surface area contributed by atoms with Crippen LogP contribution in [-0.2, 0) is 13.0 Å². The predicted molar refractivity (Wildman–Crippen MR) is 102 cm³/mol. The molecule has 2 aromatic heterocycles. The van der Waals surface area contributed by atoms with Crippen molar-refractivity contribution in [3.8, 4) is 0 Å². The maximum atomic E-state index is 4.64. The number of aryl methyl sites for hydroxylation is 1. The van der Waals surface area contributed by atoms with Crippen molar-refractivity contribution in [2.24, 2.45) is 0 Å². The highest BCUT2D eigenvalue weighted by atomic mass is 15.2. The Morgan fingerprint density at radius 1 is 1.24 bits per heavy atom. The molecule has 1 aliphatic heterocycles. The van der Waals surface area contributed by atoms with Gasteiger partial charge in [0, 0.05) is 63.9 Å². The van der Waals surface area contributed by atoms with Crippen molar-refractivity contribution in [2.75, 3.05) is 37.4 Å². The Hall–Kier alpha value is -2.21. The van der Waals surface area contributed by atoms with Gasteiger partial charge in [-0.2, -0.15) is 4.98 Å².